The fourth-order valence-corrected chi connectivity index (χ4v) is 2.52. The Bertz CT molecular complexity index is 371. The van der Waals surface area contributed by atoms with E-state index in [1.807, 2.05) is 0 Å². The normalized spacial score (nSPS) is 11.4. The predicted molar refractivity (Wildman–Crippen MR) is 79.8 cm³/mol. The second kappa shape index (κ2) is 7.67. The topological polar surface area (TPSA) is 28.2 Å². The zero-order chi connectivity index (χ0) is 13.5. The van der Waals surface area contributed by atoms with E-state index >= 15 is 0 Å². The van der Waals surface area contributed by atoms with E-state index in [2.05, 4.69) is 55.0 Å². The van der Waals surface area contributed by atoms with E-state index in [4.69, 9.17) is 0 Å². The van der Waals surface area contributed by atoms with Crippen molar-refractivity contribution in [2.75, 3.05) is 20.1 Å². The number of nitrogens with one attached hydrogen (secondary N) is 1. The Morgan fingerprint density at radius 2 is 2.28 bits per heavy atom. The first-order chi connectivity index (χ1) is 8.47. The van der Waals surface area contributed by atoms with Gasteiger partial charge in [0, 0.05) is 25.0 Å². The third kappa shape index (κ3) is 6.28. The highest BCUT2D eigenvalue weighted by molar-refractivity contribution is 7.09. The number of likely N-dealkylation sites (N-methyl/N-ethyl adjacent to an activating group) is 1. The molecule has 18 heavy (non-hydrogen) atoms. The van der Waals surface area contributed by atoms with Crippen molar-refractivity contribution < 1.29 is 0 Å². The van der Waals surface area contributed by atoms with Gasteiger partial charge in [0.1, 0.15) is 5.01 Å². The Labute approximate surface area is 115 Å². The molecular weight excluding hydrogens is 242 g/mol. The molecule has 0 atom stereocenters. The highest BCUT2D eigenvalue weighted by Crippen LogP contribution is 2.11. The van der Waals surface area contributed by atoms with Crippen LogP contribution in [0.1, 0.15) is 31.5 Å². The van der Waals surface area contributed by atoms with Gasteiger partial charge in [0.2, 0.25) is 0 Å². The van der Waals surface area contributed by atoms with Crippen LogP contribution in [0.5, 0.6) is 0 Å². The van der Waals surface area contributed by atoms with Crippen molar-refractivity contribution in [2.45, 2.75) is 33.9 Å². The first-order valence-electron chi connectivity index (χ1n) is 6.44. The standard InChI is InChI=1S/C14H25N3S/c1-11(2)6-15-7-14-16-13(10-18-14)9-17(5)8-12(3)4/h10-11,15H,3,6-9H2,1-2,4-5H3. The van der Waals surface area contributed by atoms with Gasteiger partial charge in [0.15, 0.2) is 0 Å². The molecule has 0 aliphatic heterocycles. The fourth-order valence-electron chi connectivity index (χ4n) is 1.76. The van der Waals surface area contributed by atoms with Crippen LogP contribution in [0.4, 0.5) is 0 Å². The Morgan fingerprint density at radius 1 is 1.56 bits per heavy atom. The molecule has 0 saturated carbocycles. The van der Waals surface area contributed by atoms with E-state index in [9.17, 15) is 0 Å². The monoisotopic (exact) mass is 267 g/mol. The second-order valence-corrected chi connectivity index (χ2v) is 6.33. The summed E-state index contributed by atoms with van der Waals surface area (Å²) in [5.74, 6) is 0.686. The molecule has 1 N–H and O–H groups in total. The smallest absolute Gasteiger partial charge is 0.107 e. The molecule has 0 unspecified atom stereocenters. The predicted octanol–water partition coefficient (Wildman–Crippen LogP) is 2.90. The summed E-state index contributed by atoms with van der Waals surface area (Å²) in [6, 6.07) is 0. The third-order valence-corrected chi connectivity index (χ3v) is 3.30. The van der Waals surface area contributed by atoms with Crippen molar-refractivity contribution >= 4 is 11.3 Å². The largest absolute Gasteiger partial charge is 0.310 e. The van der Waals surface area contributed by atoms with Crippen LogP contribution in [0.3, 0.4) is 0 Å². The summed E-state index contributed by atoms with van der Waals surface area (Å²) in [5, 5.41) is 6.75. The minimum absolute atomic E-state index is 0.686. The molecular formula is C14H25N3S. The maximum absolute atomic E-state index is 4.64. The Hall–Kier alpha value is -0.710. The molecule has 0 saturated heterocycles. The summed E-state index contributed by atoms with van der Waals surface area (Å²) in [6.45, 7) is 14.2. The van der Waals surface area contributed by atoms with E-state index in [1.54, 1.807) is 11.3 Å². The molecule has 1 aromatic heterocycles. The van der Waals surface area contributed by atoms with Crippen LogP contribution in [0.2, 0.25) is 0 Å². The van der Waals surface area contributed by atoms with Gasteiger partial charge in [-0.25, -0.2) is 4.98 Å². The Balaban J connectivity index is 2.36. The summed E-state index contributed by atoms with van der Waals surface area (Å²) in [6.07, 6.45) is 0. The highest BCUT2D eigenvalue weighted by Gasteiger charge is 2.05. The van der Waals surface area contributed by atoms with E-state index in [0.717, 1.165) is 31.9 Å². The van der Waals surface area contributed by atoms with E-state index in [-0.39, 0.29) is 0 Å². The number of nitrogens with zero attached hydrogens (tertiary/aromatic N) is 2. The van der Waals surface area contributed by atoms with Crippen molar-refractivity contribution in [1.29, 1.82) is 0 Å². The van der Waals surface area contributed by atoms with Crippen LogP contribution in [-0.2, 0) is 13.1 Å². The Morgan fingerprint density at radius 3 is 2.89 bits per heavy atom. The van der Waals surface area contributed by atoms with Crippen molar-refractivity contribution in [2.24, 2.45) is 5.92 Å². The number of aromatic nitrogens is 1. The molecule has 1 aromatic rings. The molecule has 0 aromatic carbocycles. The van der Waals surface area contributed by atoms with Crippen molar-refractivity contribution in [1.82, 2.24) is 15.2 Å². The quantitative estimate of drug-likeness (QED) is 0.734. The molecule has 0 spiro atoms. The van der Waals surface area contributed by atoms with Crippen LogP contribution in [0, 0.1) is 5.92 Å². The molecule has 3 nitrogen and oxygen atoms in total. The molecule has 0 amide bonds. The fraction of sp³-hybridized carbons (Fsp3) is 0.643. The van der Waals surface area contributed by atoms with E-state index in [1.165, 1.54) is 10.6 Å². The van der Waals surface area contributed by atoms with Crippen molar-refractivity contribution in [3.63, 3.8) is 0 Å². The van der Waals surface area contributed by atoms with Gasteiger partial charge in [-0.3, -0.25) is 4.90 Å². The molecule has 0 fully saturated rings. The molecule has 1 heterocycles. The van der Waals surface area contributed by atoms with Crippen LogP contribution < -0.4 is 5.32 Å². The second-order valence-electron chi connectivity index (χ2n) is 5.39. The van der Waals surface area contributed by atoms with E-state index < -0.39 is 0 Å². The average molecular weight is 267 g/mol. The van der Waals surface area contributed by atoms with Gasteiger partial charge in [0.05, 0.1) is 5.69 Å². The summed E-state index contributed by atoms with van der Waals surface area (Å²) >= 11 is 1.74. The summed E-state index contributed by atoms with van der Waals surface area (Å²) in [4.78, 5) is 6.88. The lowest BCUT2D eigenvalue weighted by atomic mass is 10.2. The van der Waals surface area contributed by atoms with Crippen LogP contribution in [0.15, 0.2) is 17.5 Å². The summed E-state index contributed by atoms with van der Waals surface area (Å²) in [5.41, 5.74) is 2.34. The zero-order valence-electron chi connectivity index (χ0n) is 12.0. The molecule has 0 radical (unpaired) electrons. The number of hydrogen-bond acceptors (Lipinski definition) is 4. The van der Waals surface area contributed by atoms with E-state index in [0.29, 0.717) is 5.92 Å². The zero-order valence-corrected chi connectivity index (χ0v) is 12.8. The van der Waals surface area contributed by atoms with Crippen molar-refractivity contribution in [3.8, 4) is 0 Å². The summed E-state index contributed by atoms with van der Waals surface area (Å²) in [7, 11) is 2.10. The maximum atomic E-state index is 4.64. The maximum Gasteiger partial charge on any atom is 0.107 e. The first-order valence-corrected chi connectivity index (χ1v) is 7.32. The van der Waals surface area contributed by atoms with Crippen LogP contribution in [-0.4, -0.2) is 30.0 Å². The summed E-state index contributed by atoms with van der Waals surface area (Å²) < 4.78 is 0. The minimum Gasteiger partial charge on any atom is -0.310 e. The lowest BCUT2D eigenvalue weighted by molar-refractivity contribution is 0.351. The molecule has 1 rings (SSSR count). The van der Waals surface area contributed by atoms with Crippen LogP contribution >= 0.6 is 11.3 Å². The van der Waals surface area contributed by atoms with Gasteiger partial charge in [0.25, 0.3) is 0 Å². The lowest BCUT2D eigenvalue weighted by Gasteiger charge is -2.14. The third-order valence-electron chi connectivity index (χ3n) is 2.40. The van der Waals surface area contributed by atoms with Gasteiger partial charge >= 0.3 is 0 Å². The molecule has 4 heteroatoms. The van der Waals surface area contributed by atoms with Crippen molar-refractivity contribution in [3.05, 3.63) is 28.2 Å². The van der Waals surface area contributed by atoms with Gasteiger partial charge in [-0.15, -0.1) is 11.3 Å². The van der Waals surface area contributed by atoms with Gasteiger partial charge < -0.3 is 5.32 Å². The number of rotatable bonds is 8. The number of hydrogen-bond donors (Lipinski definition) is 1. The van der Waals surface area contributed by atoms with Crippen LogP contribution in [0.25, 0.3) is 0 Å². The molecule has 102 valence electrons. The molecule has 0 aliphatic carbocycles. The van der Waals surface area contributed by atoms with Gasteiger partial charge in [-0.05, 0) is 26.4 Å². The average Bonchev–Trinajstić information content (AvgIpc) is 2.63. The number of thiazole rings is 1. The Kier molecular flexibility index (Phi) is 6.54. The minimum atomic E-state index is 0.686. The SMILES string of the molecule is C=C(C)CN(C)Cc1csc(CNCC(C)C)n1. The molecule has 0 aliphatic rings. The highest BCUT2D eigenvalue weighted by atomic mass is 32.1. The van der Waals surface area contributed by atoms with Gasteiger partial charge in [-0.2, -0.15) is 0 Å². The lowest BCUT2D eigenvalue weighted by Crippen LogP contribution is -2.20. The molecule has 0 bridgehead atoms. The first kappa shape index (κ1) is 15.3. The van der Waals surface area contributed by atoms with Gasteiger partial charge in [-0.1, -0.05) is 26.0 Å².